The zero-order chi connectivity index (χ0) is 95.0. The van der Waals surface area contributed by atoms with Gasteiger partial charge in [-0.2, -0.15) is 0 Å². The standard InChI is InChI=1S/C21H25BN2O4S.C15H13BrN2O2S.C15H14N2O2S.C11H16N2Si.C8H8N2.C7H7ClO2S.C7H10N2.C6H8N2.C5H10Si.CH4.H3N.H2O.Y/c1-14-7-9-16(10-8-14)29(25,26)24-13-18(17-11-15(2)12-23-19(17)24)22-27-20(3,4)21(5,6)28-22;1-10-3-5-12(6-4-10)21(19,20)18-9-14(16)13-7-11(2)8-17-15(13)18;1-11-3-5-14(6-4-11)20(18,19)17-8-7-13-9-12(2)10-16-15(13)17;1-9-7-10(11(12)13-8-9)5-6-14(2,3)4;1-6-4-7-2-3-9-8(7)10-5-6;1-6-2-4-7(5-3-6)11(8,9)10;1-5-3-6(2)7(8)9-4-5;1-5-2-3-6(7)8-4-5;1-5-6(2,3)4;;;;/h7-13H,1-6H3;3-9H,1-2H3;3-10H,1-2H3;7-8H,1-4H3,(H2,12,13);2-5H,1H3,(H,9,10);2-5H,1H3;3-4H,1-2H3,(H2,8,9);2-4H,1H3,(H2,7,8);1H,2-4H3;1H4;1H3;1H2;. The molecule has 1 aliphatic rings. The Balaban J connectivity index is 0.000000322. The molecule has 1 aliphatic heterocycles. The maximum absolute atomic E-state index is 13.4. The molecule has 0 amide bonds. The van der Waals surface area contributed by atoms with Crippen LogP contribution in [0.5, 0.6) is 0 Å². The Morgan fingerprint density at radius 1 is 0.447 bits per heavy atom. The number of aromatic nitrogens is 11. The van der Waals surface area contributed by atoms with E-state index in [2.05, 4.69) is 118 Å². The second kappa shape index (κ2) is 48.0. The summed E-state index contributed by atoms with van der Waals surface area (Å²) < 4.78 is 116. The van der Waals surface area contributed by atoms with Gasteiger partial charge in [0.05, 0.1) is 36.3 Å². The molecule has 11 aromatic heterocycles. The second-order valence-electron chi connectivity index (χ2n) is 34.0. The molecule has 0 spiro atoms. The van der Waals surface area contributed by atoms with Crippen molar-refractivity contribution in [2.45, 2.75) is 188 Å². The summed E-state index contributed by atoms with van der Waals surface area (Å²) in [5, 5.41) is 3.49. The summed E-state index contributed by atoms with van der Waals surface area (Å²) in [5.41, 5.74) is 37.8. The van der Waals surface area contributed by atoms with Crippen molar-refractivity contribution in [2.75, 3.05) is 17.2 Å². The number of rotatable bonds is 8. The van der Waals surface area contributed by atoms with Crippen LogP contribution in [0.4, 0.5) is 17.5 Å². The Bertz CT molecular complexity index is 7010. The predicted molar refractivity (Wildman–Crippen MR) is 546 cm³/mol. The molecular weight excluding hydrogens is 1940 g/mol. The van der Waals surface area contributed by atoms with Crippen LogP contribution in [0.3, 0.4) is 0 Å². The molecular formula is C96H120BBrClN15O11S4Si2Y. The van der Waals surface area contributed by atoms with Gasteiger partial charge in [-0.3, -0.25) is 0 Å². The first-order valence-electron chi connectivity index (χ1n) is 40.5. The molecule has 1 radical (unpaired) electrons. The first-order chi connectivity index (χ1) is 59.6. The molecule has 0 unspecified atom stereocenters. The molecule has 0 bridgehead atoms. The van der Waals surface area contributed by atoms with Gasteiger partial charge >= 0.3 is 7.12 Å². The minimum atomic E-state index is -3.82. The SMILES string of the molecule is C.C#C[Si](C)(C)C.Cc1ccc(N)nc1.Cc1ccc(S(=O)(=O)Cl)cc1.Cc1ccc(S(=O)(=O)n2cc(B3OC(C)(C)C(C)(C)O3)c3cc(C)cnc32)cc1.Cc1ccc(S(=O)(=O)n2cc(Br)c3cc(C)cnc32)cc1.Cc1ccc(S(=O)(=O)n2ccc3cc(C)cnc32)cc1.Cc1cnc(N)c(C#C[Si](C)(C)C)c1.Cc1cnc(N)c(C)c1.Cc1cnc2[nH]ccc2c1.N.O.[Y]. The molecule has 0 aliphatic carbocycles. The topological polar surface area (TPSA) is 420 Å². The average molecular weight is 2060 g/mol. The molecule has 15 aromatic rings. The normalized spacial score (nSPS) is 12.3. The minimum absolute atomic E-state index is 0. The van der Waals surface area contributed by atoms with E-state index in [1.807, 2.05) is 166 Å². The van der Waals surface area contributed by atoms with Crippen LogP contribution in [0.1, 0.15) is 107 Å². The third-order valence-electron chi connectivity index (χ3n) is 19.4. The number of benzene rings is 4. The number of halogens is 2. The smallest absolute Gasteiger partial charge is 0.412 e. The van der Waals surface area contributed by atoms with Crippen molar-refractivity contribution in [3.63, 3.8) is 0 Å². The molecule has 12 heterocycles. The molecule has 36 heteroatoms. The third kappa shape index (κ3) is 31.6. The molecule has 12 N–H and O–H groups in total. The fourth-order valence-corrected chi connectivity index (χ4v) is 17.4. The molecule has 0 atom stereocenters. The molecule has 132 heavy (non-hydrogen) atoms. The van der Waals surface area contributed by atoms with Crippen LogP contribution in [0.25, 0.3) is 44.1 Å². The van der Waals surface area contributed by atoms with E-state index in [0.717, 1.165) is 83.2 Å². The number of aromatic amines is 1. The number of nitrogen functional groups attached to an aromatic ring is 3. The van der Waals surface area contributed by atoms with E-state index < -0.39 is 73.6 Å². The number of pyridine rings is 7. The number of H-pyrrole nitrogens is 1. The van der Waals surface area contributed by atoms with Gasteiger partial charge in [0.1, 0.15) is 39.2 Å². The van der Waals surface area contributed by atoms with Crippen molar-refractivity contribution in [1.29, 1.82) is 0 Å². The zero-order valence-corrected chi connectivity index (χ0v) is 88.4. The van der Waals surface area contributed by atoms with Gasteiger partial charge in [0, 0.05) is 143 Å². The van der Waals surface area contributed by atoms with Crippen LogP contribution in [-0.4, -0.2) is 125 Å². The van der Waals surface area contributed by atoms with Crippen LogP contribution in [0.15, 0.2) is 250 Å². The van der Waals surface area contributed by atoms with Crippen molar-refractivity contribution in [3.05, 3.63) is 303 Å². The average Bonchev–Trinajstić information content (AvgIpc) is 1.58. The summed E-state index contributed by atoms with van der Waals surface area (Å²) in [4.78, 5) is 32.9. The van der Waals surface area contributed by atoms with Crippen LogP contribution < -0.4 is 28.8 Å². The van der Waals surface area contributed by atoms with Crippen molar-refractivity contribution in [1.82, 2.24) is 57.9 Å². The third-order valence-corrected chi connectivity index (χ3v) is 28.2. The Kier molecular flexibility index (Phi) is 41.4. The van der Waals surface area contributed by atoms with E-state index in [0.29, 0.717) is 49.7 Å². The minimum Gasteiger partial charge on any atom is -0.412 e. The van der Waals surface area contributed by atoms with Crippen LogP contribution >= 0.6 is 26.6 Å². The van der Waals surface area contributed by atoms with Crippen molar-refractivity contribution in [2.24, 2.45) is 0 Å². The second-order valence-corrected chi connectivity index (χ2v) is 52.4. The van der Waals surface area contributed by atoms with E-state index in [4.69, 9.17) is 43.6 Å². The van der Waals surface area contributed by atoms with Crippen LogP contribution in [0, 0.1) is 107 Å². The number of anilines is 3. The maximum atomic E-state index is 13.4. The monoisotopic (exact) mass is 2060 g/mol. The number of nitrogens with zero attached hydrogens (tertiary/aromatic N) is 10. The molecule has 26 nitrogen and oxygen atoms in total. The van der Waals surface area contributed by atoms with Gasteiger partial charge in [-0.05, 0) is 268 Å². The largest absolute Gasteiger partial charge is 0.497 e. The first-order valence-corrected chi connectivity index (χ1v) is 54.9. The van der Waals surface area contributed by atoms with Crippen molar-refractivity contribution >= 4 is 156 Å². The van der Waals surface area contributed by atoms with Crippen molar-refractivity contribution < 1.29 is 81.2 Å². The summed E-state index contributed by atoms with van der Waals surface area (Å²) >= 11 is 3.40. The number of terminal acetylenes is 1. The van der Waals surface area contributed by atoms with Gasteiger partial charge in [-0.1, -0.05) is 136 Å². The Hall–Kier alpha value is -10.4. The zero-order valence-electron chi connectivity index (χ0n) is 78.0. The van der Waals surface area contributed by atoms with E-state index in [9.17, 15) is 33.7 Å². The van der Waals surface area contributed by atoms with Gasteiger partial charge in [-0.15, -0.1) is 17.5 Å². The van der Waals surface area contributed by atoms with E-state index in [-0.39, 0.29) is 71.3 Å². The van der Waals surface area contributed by atoms with E-state index in [1.54, 1.807) is 153 Å². The molecule has 16 rings (SSSR count). The first kappa shape index (κ1) is 114. The predicted octanol–water partition coefficient (Wildman–Crippen LogP) is 19.4. The fraction of sp³-hybridized carbons (Fsp3) is 0.260. The maximum Gasteiger partial charge on any atom is 0.497 e. The van der Waals surface area contributed by atoms with Gasteiger partial charge in [0.15, 0.2) is 16.9 Å². The fourth-order valence-electron chi connectivity index (χ4n) is 11.5. The number of nitrogens with two attached hydrogens (primary N) is 3. The van der Waals surface area contributed by atoms with E-state index >= 15 is 0 Å². The Morgan fingerprint density at radius 3 is 1.24 bits per heavy atom. The van der Waals surface area contributed by atoms with Gasteiger partial charge in [0.25, 0.3) is 39.1 Å². The Labute approximate surface area is 819 Å². The number of hydrogen-bond acceptors (Lipinski definition) is 21. The molecule has 1 fully saturated rings. The molecule has 1 saturated heterocycles. The van der Waals surface area contributed by atoms with Crippen LogP contribution in [-0.2, 0) is 81.1 Å². The number of aryl methyl sites for hydroxylation is 12. The summed E-state index contributed by atoms with van der Waals surface area (Å²) in [6.07, 6.45) is 23.8. The quantitative estimate of drug-likeness (QED) is 0.0536. The number of fused-ring (bicyclic) bond motifs is 4. The summed E-state index contributed by atoms with van der Waals surface area (Å²) in [6, 6.07) is 46.1. The van der Waals surface area contributed by atoms with E-state index in [1.165, 1.54) is 35.0 Å². The molecule has 4 aromatic carbocycles. The molecule has 697 valence electrons. The van der Waals surface area contributed by atoms with Gasteiger partial charge < -0.3 is 43.1 Å². The van der Waals surface area contributed by atoms with Crippen LogP contribution in [0.2, 0.25) is 39.3 Å². The number of hydrogen-bond donors (Lipinski definition) is 5. The number of nitrogens with one attached hydrogen (secondary N) is 1. The van der Waals surface area contributed by atoms with Crippen molar-refractivity contribution in [3.8, 4) is 23.4 Å². The Morgan fingerprint density at radius 2 is 0.818 bits per heavy atom. The summed E-state index contributed by atoms with van der Waals surface area (Å²) in [7, 11) is -12.6. The van der Waals surface area contributed by atoms with Gasteiger partial charge in [-0.25, -0.2) is 80.5 Å². The summed E-state index contributed by atoms with van der Waals surface area (Å²) in [5.74, 6) is 4.85. The van der Waals surface area contributed by atoms with Gasteiger partial charge in [0.2, 0.25) is 0 Å². The summed E-state index contributed by atoms with van der Waals surface area (Å²) in [6.45, 7) is 44.3. The molecule has 0 saturated carbocycles.